The van der Waals surface area contributed by atoms with Gasteiger partial charge in [-0.05, 0) is 18.8 Å². The van der Waals surface area contributed by atoms with Gasteiger partial charge < -0.3 is 15.7 Å². The summed E-state index contributed by atoms with van der Waals surface area (Å²) < 4.78 is 0. The molecule has 0 heterocycles. The Morgan fingerprint density at radius 1 is 1.44 bits per heavy atom. The van der Waals surface area contributed by atoms with E-state index in [1.165, 1.54) is 0 Å². The Labute approximate surface area is 95.8 Å². The first-order valence-electron chi connectivity index (χ1n) is 5.75. The van der Waals surface area contributed by atoms with Crippen LogP contribution in [0.1, 0.15) is 25.7 Å². The van der Waals surface area contributed by atoms with Gasteiger partial charge in [-0.2, -0.15) is 5.26 Å². The Kier molecular flexibility index (Phi) is 5.83. The standard InChI is InChI=1S/C11H19N3O2/c12-5-6-13-11(16)7-14-10-4-2-1-3-9(10)8-15/h9-10,14-15H,1-4,6-8H2,(H,13,16). The quantitative estimate of drug-likeness (QED) is 0.564. The molecule has 0 bridgehead atoms. The van der Waals surface area contributed by atoms with Crippen molar-refractivity contribution in [2.75, 3.05) is 19.7 Å². The lowest BCUT2D eigenvalue weighted by Crippen LogP contribution is -2.45. The van der Waals surface area contributed by atoms with Crippen LogP contribution in [0, 0.1) is 17.2 Å². The summed E-state index contributed by atoms with van der Waals surface area (Å²) in [5.74, 6) is 0.0985. The van der Waals surface area contributed by atoms with Gasteiger partial charge in [0.2, 0.25) is 5.91 Å². The number of nitrogens with one attached hydrogen (secondary N) is 2. The fourth-order valence-electron chi connectivity index (χ4n) is 2.12. The molecule has 2 unspecified atom stereocenters. The normalized spacial score (nSPS) is 24.8. The molecule has 5 heteroatoms. The number of hydrogen-bond acceptors (Lipinski definition) is 4. The molecule has 1 aliphatic carbocycles. The maximum Gasteiger partial charge on any atom is 0.234 e. The molecule has 1 rings (SSSR count). The molecule has 0 radical (unpaired) electrons. The molecule has 2 atom stereocenters. The van der Waals surface area contributed by atoms with Crippen LogP contribution >= 0.6 is 0 Å². The summed E-state index contributed by atoms with van der Waals surface area (Å²) in [6, 6.07) is 2.09. The summed E-state index contributed by atoms with van der Waals surface area (Å²) in [5.41, 5.74) is 0. The van der Waals surface area contributed by atoms with Crippen molar-refractivity contribution in [2.45, 2.75) is 31.7 Å². The number of aliphatic hydroxyl groups excluding tert-OH is 1. The van der Waals surface area contributed by atoms with Gasteiger partial charge in [0.25, 0.3) is 0 Å². The third-order valence-corrected chi connectivity index (χ3v) is 3.03. The highest BCUT2D eigenvalue weighted by atomic mass is 16.3. The van der Waals surface area contributed by atoms with Crippen LogP contribution in [0.2, 0.25) is 0 Å². The average molecular weight is 225 g/mol. The van der Waals surface area contributed by atoms with Gasteiger partial charge in [-0.15, -0.1) is 0 Å². The van der Waals surface area contributed by atoms with E-state index in [2.05, 4.69) is 10.6 Å². The van der Waals surface area contributed by atoms with Gasteiger partial charge in [-0.1, -0.05) is 12.8 Å². The van der Waals surface area contributed by atoms with E-state index in [1.807, 2.05) is 6.07 Å². The minimum atomic E-state index is -0.163. The Morgan fingerprint density at radius 3 is 2.88 bits per heavy atom. The number of amides is 1. The zero-order chi connectivity index (χ0) is 11.8. The highest BCUT2D eigenvalue weighted by Crippen LogP contribution is 2.23. The van der Waals surface area contributed by atoms with E-state index in [-0.39, 0.29) is 37.6 Å². The molecular formula is C11H19N3O2. The van der Waals surface area contributed by atoms with Crippen molar-refractivity contribution in [1.82, 2.24) is 10.6 Å². The lowest BCUT2D eigenvalue weighted by atomic mass is 9.85. The maximum absolute atomic E-state index is 11.3. The third-order valence-electron chi connectivity index (χ3n) is 3.03. The van der Waals surface area contributed by atoms with Gasteiger partial charge in [0.15, 0.2) is 0 Å². The molecule has 0 aromatic heterocycles. The minimum Gasteiger partial charge on any atom is -0.396 e. The summed E-state index contributed by atoms with van der Waals surface area (Å²) in [5, 5.41) is 23.1. The number of aliphatic hydroxyl groups is 1. The number of hydrogen-bond donors (Lipinski definition) is 3. The van der Waals surface area contributed by atoms with Crippen molar-refractivity contribution in [3.63, 3.8) is 0 Å². The molecule has 1 fully saturated rings. The Bertz CT molecular complexity index is 262. The second kappa shape index (κ2) is 7.20. The van der Waals surface area contributed by atoms with Crippen LogP contribution in [0.5, 0.6) is 0 Å². The van der Waals surface area contributed by atoms with Gasteiger partial charge in [0, 0.05) is 12.6 Å². The van der Waals surface area contributed by atoms with E-state index in [0.717, 1.165) is 25.7 Å². The summed E-state index contributed by atoms with van der Waals surface area (Å²) in [4.78, 5) is 11.3. The van der Waals surface area contributed by atoms with E-state index in [1.54, 1.807) is 0 Å². The van der Waals surface area contributed by atoms with Gasteiger partial charge in [0.1, 0.15) is 6.54 Å². The van der Waals surface area contributed by atoms with Crippen molar-refractivity contribution < 1.29 is 9.90 Å². The average Bonchev–Trinajstić information content (AvgIpc) is 2.34. The van der Waals surface area contributed by atoms with Crippen LogP contribution in [0.3, 0.4) is 0 Å². The molecule has 5 nitrogen and oxygen atoms in total. The Morgan fingerprint density at radius 2 is 2.19 bits per heavy atom. The van der Waals surface area contributed by atoms with E-state index < -0.39 is 0 Å². The molecule has 0 aromatic rings. The second-order valence-electron chi connectivity index (χ2n) is 4.15. The van der Waals surface area contributed by atoms with Crippen molar-refractivity contribution in [1.29, 1.82) is 5.26 Å². The predicted molar refractivity (Wildman–Crippen MR) is 59.5 cm³/mol. The van der Waals surface area contributed by atoms with Crippen molar-refractivity contribution in [3.8, 4) is 6.07 Å². The number of nitriles is 1. The van der Waals surface area contributed by atoms with Crippen molar-refractivity contribution >= 4 is 5.91 Å². The molecular weight excluding hydrogens is 206 g/mol. The monoisotopic (exact) mass is 225 g/mol. The second-order valence-corrected chi connectivity index (χ2v) is 4.15. The Hall–Kier alpha value is -1.12. The molecule has 16 heavy (non-hydrogen) atoms. The van der Waals surface area contributed by atoms with Gasteiger partial charge in [-0.25, -0.2) is 0 Å². The van der Waals surface area contributed by atoms with Crippen LogP contribution < -0.4 is 10.6 Å². The molecule has 1 saturated carbocycles. The molecule has 0 saturated heterocycles. The highest BCUT2D eigenvalue weighted by Gasteiger charge is 2.24. The maximum atomic E-state index is 11.3. The third kappa shape index (κ3) is 4.17. The molecule has 1 amide bonds. The zero-order valence-corrected chi connectivity index (χ0v) is 9.41. The lowest BCUT2D eigenvalue weighted by Gasteiger charge is -2.30. The molecule has 0 aliphatic heterocycles. The molecule has 0 spiro atoms. The van der Waals surface area contributed by atoms with Crippen LogP contribution in [0.15, 0.2) is 0 Å². The first kappa shape index (κ1) is 12.9. The Balaban J connectivity index is 2.24. The van der Waals surface area contributed by atoms with Crippen LogP contribution in [0.4, 0.5) is 0 Å². The number of carbonyl (C=O) groups excluding carboxylic acids is 1. The minimum absolute atomic E-state index is 0.0502. The van der Waals surface area contributed by atoms with E-state index in [9.17, 15) is 9.90 Å². The predicted octanol–water partition coefficient (Wildman–Crippen LogP) is -0.233. The van der Waals surface area contributed by atoms with E-state index in [4.69, 9.17) is 5.26 Å². The molecule has 90 valence electrons. The van der Waals surface area contributed by atoms with Gasteiger partial charge in [0.05, 0.1) is 12.6 Å². The fourth-order valence-corrected chi connectivity index (χ4v) is 2.12. The van der Waals surface area contributed by atoms with E-state index in [0.29, 0.717) is 0 Å². The number of nitrogens with zero attached hydrogens (tertiary/aromatic N) is 1. The molecule has 3 N–H and O–H groups in total. The highest BCUT2D eigenvalue weighted by molar-refractivity contribution is 5.78. The smallest absolute Gasteiger partial charge is 0.234 e. The van der Waals surface area contributed by atoms with Gasteiger partial charge in [-0.3, -0.25) is 4.79 Å². The largest absolute Gasteiger partial charge is 0.396 e. The van der Waals surface area contributed by atoms with Crippen LogP contribution in [-0.2, 0) is 4.79 Å². The summed E-state index contributed by atoms with van der Waals surface area (Å²) >= 11 is 0. The number of rotatable bonds is 5. The lowest BCUT2D eigenvalue weighted by molar-refractivity contribution is -0.120. The van der Waals surface area contributed by atoms with Crippen molar-refractivity contribution in [3.05, 3.63) is 0 Å². The topological polar surface area (TPSA) is 85.2 Å². The molecule has 0 aromatic carbocycles. The zero-order valence-electron chi connectivity index (χ0n) is 9.41. The summed E-state index contributed by atoms with van der Waals surface area (Å²) in [6.45, 7) is 0.453. The van der Waals surface area contributed by atoms with Crippen LogP contribution in [0.25, 0.3) is 0 Å². The fraction of sp³-hybridized carbons (Fsp3) is 0.818. The van der Waals surface area contributed by atoms with Crippen LogP contribution in [-0.4, -0.2) is 36.8 Å². The summed E-state index contributed by atoms with van der Waals surface area (Å²) in [7, 11) is 0. The first-order valence-corrected chi connectivity index (χ1v) is 5.75. The van der Waals surface area contributed by atoms with Gasteiger partial charge >= 0.3 is 0 Å². The molecule has 1 aliphatic rings. The summed E-state index contributed by atoms with van der Waals surface area (Å²) in [6.07, 6.45) is 4.34. The van der Waals surface area contributed by atoms with Crippen molar-refractivity contribution in [2.24, 2.45) is 5.92 Å². The SMILES string of the molecule is N#CCNC(=O)CNC1CCCCC1CO. The first-order chi connectivity index (χ1) is 7.77. The van der Waals surface area contributed by atoms with E-state index >= 15 is 0 Å². The number of carbonyl (C=O) groups is 1.